The highest BCUT2D eigenvalue weighted by atomic mass is 16.2. The van der Waals surface area contributed by atoms with E-state index in [4.69, 9.17) is 5.73 Å². The van der Waals surface area contributed by atoms with E-state index in [-0.39, 0.29) is 5.91 Å². The first-order chi connectivity index (χ1) is 8.68. The number of fused-ring (bicyclic) bond motifs is 1. The van der Waals surface area contributed by atoms with E-state index in [1.165, 1.54) is 0 Å². The van der Waals surface area contributed by atoms with Crippen LogP contribution in [-0.4, -0.2) is 18.4 Å². The molecule has 2 rings (SSSR count). The van der Waals surface area contributed by atoms with Gasteiger partial charge >= 0.3 is 0 Å². The highest BCUT2D eigenvalue weighted by Crippen LogP contribution is 2.17. The zero-order valence-electron chi connectivity index (χ0n) is 10.4. The molecule has 4 nitrogen and oxygen atoms in total. The van der Waals surface area contributed by atoms with Crippen molar-refractivity contribution in [3.05, 3.63) is 34.9 Å². The molecule has 0 fully saturated rings. The molecule has 0 saturated carbocycles. The van der Waals surface area contributed by atoms with Crippen LogP contribution in [0, 0.1) is 0 Å². The Morgan fingerprint density at radius 1 is 1.17 bits per heavy atom. The van der Waals surface area contributed by atoms with Crippen molar-refractivity contribution in [3.63, 3.8) is 0 Å². The zero-order chi connectivity index (χ0) is 13.0. The standard InChI is InChI=1S/C14H18N2O2/c15-13(17)11-6-7-12-10(9-11)5-3-1-2-4-8-16-14(12)18/h6-7,9H,1-5,8H2,(H2,15,17)(H,16,18). The minimum Gasteiger partial charge on any atom is -0.366 e. The number of hydrogen-bond donors (Lipinski definition) is 2. The highest BCUT2D eigenvalue weighted by Gasteiger charge is 2.14. The van der Waals surface area contributed by atoms with Crippen LogP contribution in [0.1, 0.15) is 52.0 Å². The third-order valence-electron chi connectivity index (χ3n) is 3.29. The normalized spacial score (nSPS) is 16.6. The van der Waals surface area contributed by atoms with Crippen LogP contribution < -0.4 is 11.1 Å². The van der Waals surface area contributed by atoms with Crippen molar-refractivity contribution in [2.45, 2.75) is 32.1 Å². The summed E-state index contributed by atoms with van der Waals surface area (Å²) in [5, 5.41) is 2.90. The van der Waals surface area contributed by atoms with Crippen molar-refractivity contribution in [1.82, 2.24) is 5.32 Å². The number of carbonyl (C=O) groups is 2. The molecule has 0 atom stereocenters. The number of rotatable bonds is 1. The van der Waals surface area contributed by atoms with Crippen LogP contribution in [0.5, 0.6) is 0 Å². The van der Waals surface area contributed by atoms with E-state index < -0.39 is 5.91 Å². The quantitative estimate of drug-likeness (QED) is 0.790. The molecule has 1 aliphatic heterocycles. The van der Waals surface area contributed by atoms with Gasteiger partial charge in [0, 0.05) is 17.7 Å². The molecular formula is C14H18N2O2. The first kappa shape index (κ1) is 12.6. The van der Waals surface area contributed by atoms with Crippen LogP contribution in [0.2, 0.25) is 0 Å². The second kappa shape index (κ2) is 5.67. The van der Waals surface area contributed by atoms with E-state index in [2.05, 4.69) is 5.32 Å². The van der Waals surface area contributed by atoms with Gasteiger partial charge in [0.1, 0.15) is 0 Å². The van der Waals surface area contributed by atoms with Crippen LogP contribution in [0.25, 0.3) is 0 Å². The Labute approximate surface area is 107 Å². The van der Waals surface area contributed by atoms with Gasteiger partial charge in [-0.05, 0) is 43.0 Å². The lowest BCUT2D eigenvalue weighted by atomic mass is 9.97. The van der Waals surface area contributed by atoms with E-state index >= 15 is 0 Å². The topological polar surface area (TPSA) is 72.2 Å². The van der Waals surface area contributed by atoms with Gasteiger partial charge in [-0.15, -0.1) is 0 Å². The van der Waals surface area contributed by atoms with Crippen LogP contribution in [-0.2, 0) is 6.42 Å². The van der Waals surface area contributed by atoms with Gasteiger partial charge < -0.3 is 11.1 Å². The number of amides is 2. The van der Waals surface area contributed by atoms with Crippen LogP contribution in [0.4, 0.5) is 0 Å². The molecule has 1 aromatic carbocycles. The molecule has 1 heterocycles. The van der Waals surface area contributed by atoms with Gasteiger partial charge in [-0.2, -0.15) is 0 Å². The van der Waals surface area contributed by atoms with E-state index in [1.807, 2.05) is 0 Å². The molecular weight excluding hydrogens is 228 g/mol. The molecule has 0 aromatic heterocycles. The van der Waals surface area contributed by atoms with Crippen molar-refractivity contribution in [1.29, 1.82) is 0 Å². The van der Waals surface area contributed by atoms with Crippen molar-refractivity contribution in [2.75, 3.05) is 6.54 Å². The van der Waals surface area contributed by atoms with Gasteiger partial charge in [0.15, 0.2) is 0 Å². The van der Waals surface area contributed by atoms with Crippen LogP contribution >= 0.6 is 0 Å². The number of hydrogen-bond acceptors (Lipinski definition) is 2. The van der Waals surface area contributed by atoms with Gasteiger partial charge in [0.2, 0.25) is 5.91 Å². The zero-order valence-corrected chi connectivity index (χ0v) is 10.4. The fourth-order valence-corrected chi connectivity index (χ4v) is 2.27. The molecule has 0 bridgehead atoms. The fraction of sp³-hybridized carbons (Fsp3) is 0.429. The second-order valence-corrected chi connectivity index (χ2v) is 4.66. The van der Waals surface area contributed by atoms with Crippen LogP contribution in [0.15, 0.2) is 18.2 Å². The number of nitrogens with two attached hydrogens (primary N) is 1. The molecule has 0 unspecified atom stereocenters. The van der Waals surface area contributed by atoms with Crippen molar-refractivity contribution in [2.24, 2.45) is 5.73 Å². The van der Waals surface area contributed by atoms with Crippen LogP contribution in [0.3, 0.4) is 0 Å². The molecule has 18 heavy (non-hydrogen) atoms. The Balaban J connectivity index is 2.33. The van der Waals surface area contributed by atoms with E-state index in [1.54, 1.807) is 18.2 Å². The number of benzene rings is 1. The van der Waals surface area contributed by atoms with E-state index in [9.17, 15) is 9.59 Å². The smallest absolute Gasteiger partial charge is 0.251 e. The van der Waals surface area contributed by atoms with E-state index in [0.29, 0.717) is 11.1 Å². The third kappa shape index (κ3) is 2.88. The lowest BCUT2D eigenvalue weighted by Crippen LogP contribution is -2.26. The minimum absolute atomic E-state index is 0.0529. The van der Waals surface area contributed by atoms with E-state index in [0.717, 1.165) is 44.2 Å². The summed E-state index contributed by atoms with van der Waals surface area (Å²) in [6.07, 6.45) is 5.17. The summed E-state index contributed by atoms with van der Waals surface area (Å²) in [6, 6.07) is 5.07. The molecule has 2 amide bonds. The molecule has 96 valence electrons. The molecule has 1 aliphatic rings. The lowest BCUT2D eigenvalue weighted by molar-refractivity contribution is 0.0948. The van der Waals surface area contributed by atoms with Gasteiger partial charge in [-0.25, -0.2) is 0 Å². The maximum Gasteiger partial charge on any atom is 0.251 e. The molecule has 0 spiro atoms. The van der Waals surface area contributed by atoms with Crippen molar-refractivity contribution < 1.29 is 9.59 Å². The van der Waals surface area contributed by atoms with Crippen molar-refractivity contribution in [3.8, 4) is 0 Å². The summed E-state index contributed by atoms with van der Waals surface area (Å²) in [5.41, 5.74) is 7.33. The SMILES string of the molecule is NC(=O)c1ccc2c(c1)CCCCCCNC2=O. The number of nitrogens with one attached hydrogen (secondary N) is 1. The maximum atomic E-state index is 12.0. The van der Waals surface area contributed by atoms with Gasteiger partial charge in [0.25, 0.3) is 5.91 Å². The fourth-order valence-electron chi connectivity index (χ4n) is 2.27. The number of primary amides is 1. The minimum atomic E-state index is -0.449. The average Bonchev–Trinajstić information content (AvgIpc) is 2.37. The Bertz CT molecular complexity index is 469. The largest absolute Gasteiger partial charge is 0.366 e. The average molecular weight is 246 g/mol. The molecule has 3 N–H and O–H groups in total. The summed E-state index contributed by atoms with van der Waals surface area (Å²) in [5.74, 6) is -0.502. The molecule has 0 aliphatic carbocycles. The predicted octanol–water partition coefficient (Wildman–Crippen LogP) is 1.63. The Kier molecular flexibility index (Phi) is 3.97. The summed E-state index contributed by atoms with van der Waals surface area (Å²) in [6.45, 7) is 0.718. The summed E-state index contributed by atoms with van der Waals surface area (Å²) in [4.78, 5) is 23.1. The number of carbonyl (C=O) groups excluding carboxylic acids is 2. The predicted molar refractivity (Wildman–Crippen MR) is 69.5 cm³/mol. The molecule has 1 aromatic rings. The Morgan fingerprint density at radius 2 is 1.94 bits per heavy atom. The van der Waals surface area contributed by atoms with Crippen molar-refractivity contribution >= 4 is 11.8 Å². The monoisotopic (exact) mass is 246 g/mol. The maximum absolute atomic E-state index is 12.0. The molecule has 0 radical (unpaired) electrons. The second-order valence-electron chi connectivity index (χ2n) is 4.66. The molecule has 4 heteroatoms. The summed E-state index contributed by atoms with van der Waals surface area (Å²) >= 11 is 0. The number of aryl methyl sites for hydroxylation is 1. The van der Waals surface area contributed by atoms with Gasteiger partial charge in [-0.1, -0.05) is 12.8 Å². The summed E-state index contributed by atoms with van der Waals surface area (Å²) in [7, 11) is 0. The summed E-state index contributed by atoms with van der Waals surface area (Å²) < 4.78 is 0. The molecule has 0 saturated heterocycles. The Hall–Kier alpha value is -1.84. The lowest BCUT2D eigenvalue weighted by Gasteiger charge is -2.13. The Morgan fingerprint density at radius 3 is 2.72 bits per heavy atom. The first-order valence-corrected chi connectivity index (χ1v) is 6.39. The van der Waals surface area contributed by atoms with Gasteiger partial charge in [0.05, 0.1) is 0 Å². The highest BCUT2D eigenvalue weighted by molar-refractivity contribution is 5.98. The van der Waals surface area contributed by atoms with Gasteiger partial charge in [-0.3, -0.25) is 9.59 Å². The first-order valence-electron chi connectivity index (χ1n) is 6.39. The third-order valence-corrected chi connectivity index (χ3v) is 3.29.